The Kier molecular flexibility index (Phi) is 5.42. The molecule has 2 rings (SSSR count). The quantitative estimate of drug-likeness (QED) is 0.875. The first-order chi connectivity index (χ1) is 10.4. The average Bonchev–Trinajstić information content (AvgIpc) is 2.85. The number of carbonyl (C=O) groups is 1. The molecule has 0 fully saturated rings. The van der Waals surface area contributed by atoms with Gasteiger partial charge in [0.25, 0.3) is 0 Å². The van der Waals surface area contributed by atoms with Crippen LogP contribution in [0.2, 0.25) is 0 Å². The predicted molar refractivity (Wildman–Crippen MR) is 87.4 cm³/mol. The second-order valence-electron chi connectivity index (χ2n) is 6.78. The molecule has 0 radical (unpaired) electrons. The molecule has 1 aliphatic rings. The number of rotatable bonds is 5. The van der Waals surface area contributed by atoms with Gasteiger partial charge in [-0.1, -0.05) is 24.3 Å². The zero-order valence-electron chi connectivity index (χ0n) is 13.8. The fourth-order valence-corrected chi connectivity index (χ4v) is 2.72. The molecule has 3 N–H and O–H groups in total. The number of carbonyl (C=O) groups excluding carboxylic acids is 1. The number of alkyl carbamates (subject to hydrolysis) is 1. The molecule has 0 aromatic heterocycles. The van der Waals surface area contributed by atoms with Crippen LogP contribution >= 0.6 is 0 Å². The van der Waals surface area contributed by atoms with E-state index in [1.165, 1.54) is 11.1 Å². The van der Waals surface area contributed by atoms with Gasteiger partial charge in [-0.05, 0) is 38.3 Å². The molecule has 122 valence electrons. The Morgan fingerprint density at radius 3 is 2.41 bits per heavy atom. The molecule has 5 nitrogen and oxygen atoms in total. The van der Waals surface area contributed by atoms with Crippen molar-refractivity contribution in [2.45, 2.75) is 51.9 Å². The zero-order chi connectivity index (χ0) is 16.2. The molecular weight excluding hydrogens is 278 g/mol. The molecule has 0 bridgehead atoms. The van der Waals surface area contributed by atoms with Crippen LogP contribution in [0.1, 0.15) is 38.3 Å². The van der Waals surface area contributed by atoms with Gasteiger partial charge in [0.2, 0.25) is 0 Å². The maximum Gasteiger partial charge on any atom is 0.407 e. The summed E-state index contributed by atoms with van der Waals surface area (Å²) in [5.74, 6) is 0. The highest BCUT2D eigenvalue weighted by atomic mass is 16.6. The van der Waals surface area contributed by atoms with Gasteiger partial charge in [-0.15, -0.1) is 0 Å². The number of benzene rings is 1. The molecule has 0 spiro atoms. The number of nitrogens with two attached hydrogens (primary N) is 1. The summed E-state index contributed by atoms with van der Waals surface area (Å²) in [6, 6.07) is 8.75. The lowest BCUT2D eigenvalue weighted by atomic mass is 10.1. The highest BCUT2D eigenvalue weighted by molar-refractivity contribution is 5.67. The Morgan fingerprint density at radius 1 is 1.32 bits per heavy atom. The van der Waals surface area contributed by atoms with Crippen molar-refractivity contribution in [2.24, 2.45) is 5.73 Å². The Labute approximate surface area is 132 Å². The number of ether oxygens (including phenoxy) is 1. The summed E-state index contributed by atoms with van der Waals surface area (Å²) in [4.78, 5) is 14.0. The van der Waals surface area contributed by atoms with E-state index in [1.54, 1.807) is 0 Å². The molecule has 0 saturated heterocycles. The van der Waals surface area contributed by atoms with E-state index >= 15 is 0 Å². The molecule has 1 aliphatic heterocycles. The van der Waals surface area contributed by atoms with Crippen LogP contribution in [0.3, 0.4) is 0 Å². The van der Waals surface area contributed by atoms with E-state index in [1.807, 2.05) is 20.8 Å². The van der Waals surface area contributed by atoms with Crippen LogP contribution in [0.5, 0.6) is 0 Å². The highest BCUT2D eigenvalue weighted by Crippen LogP contribution is 2.24. The Morgan fingerprint density at radius 2 is 1.91 bits per heavy atom. The minimum absolute atomic E-state index is 0.266. The summed E-state index contributed by atoms with van der Waals surface area (Å²) < 4.78 is 5.23. The second kappa shape index (κ2) is 7.11. The van der Waals surface area contributed by atoms with Gasteiger partial charge in [0.15, 0.2) is 0 Å². The minimum Gasteiger partial charge on any atom is -0.444 e. The summed E-state index contributed by atoms with van der Waals surface area (Å²) in [6.07, 6.45) is 0.456. The lowest BCUT2D eigenvalue weighted by Gasteiger charge is -2.26. The number of amides is 1. The van der Waals surface area contributed by atoms with Crippen LogP contribution in [0, 0.1) is 0 Å². The summed E-state index contributed by atoms with van der Waals surface area (Å²) >= 11 is 0. The molecule has 5 heteroatoms. The molecular formula is C17H27N3O2. The van der Waals surface area contributed by atoms with E-state index in [4.69, 9.17) is 10.5 Å². The van der Waals surface area contributed by atoms with Crippen molar-refractivity contribution in [3.05, 3.63) is 35.4 Å². The molecule has 1 atom stereocenters. The molecule has 1 amide bonds. The van der Waals surface area contributed by atoms with Crippen LogP contribution in [0.15, 0.2) is 24.3 Å². The molecule has 1 aromatic rings. The molecule has 22 heavy (non-hydrogen) atoms. The van der Waals surface area contributed by atoms with E-state index < -0.39 is 5.60 Å². The highest BCUT2D eigenvalue weighted by Gasteiger charge is 2.24. The Balaban J connectivity index is 1.78. The third kappa shape index (κ3) is 4.71. The zero-order valence-corrected chi connectivity index (χ0v) is 13.8. The molecule has 0 aliphatic carbocycles. The normalized spacial score (nSPS) is 16.2. The average molecular weight is 305 g/mol. The van der Waals surface area contributed by atoms with Crippen LogP contribution < -0.4 is 11.1 Å². The summed E-state index contributed by atoms with van der Waals surface area (Å²) in [5, 5.41) is 2.81. The summed E-state index contributed by atoms with van der Waals surface area (Å²) in [7, 11) is 0. The van der Waals surface area contributed by atoms with Crippen molar-refractivity contribution in [3.8, 4) is 0 Å². The lowest BCUT2D eigenvalue weighted by Crippen LogP contribution is -2.41. The first-order valence-corrected chi connectivity index (χ1v) is 7.87. The number of nitrogens with one attached hydrogen (secondary N) is 1. The standard InChI is InChI=1S/C17H27N3O2/c1-17(2,3)22-16(21)19-9-8-15(10-18)20-11-13-6-4-5-7-14(13)12-20/h4-7,15H,8-12,18H2,1-3H3,(H,19,21). The smallest absolute Gasteiger partial charge is 0.407 e. The molecule has 1 unspecified atom stereocenters. The van der Waals surface area contributed by atoms with Gasteiger partial charge in [-0.2, -0.15) is 0 Å². The van der Waals surface area contributed by atoms with Gasteiger partial charge in [-0.3, -0.25) is 4.90 Å². The number of nitrogens with zero attached hydrogens (tertiary/aromatic N) is 1. The van der Waals surface area contributed by atoms with Crippen LogP contribution in [-0.2, 0) is 17.8 Å². The van der Waals surface area contributed by atoms with Gasteiger partial charge in [0.1, 0.15) is 5.60 Å². The lowest BCUT2D eigenvalue weighted by molar-refractivity contribution is 0.0521. The van der Waals surface area contributed by atoms with E-state index in [0.29, 0.717) is 13.1 Å². The Hall–Kier alpha value is -1.59. The van der Waals surface area contributed by atoms with Crippen LogP contribution in [-0.4, -0.2) is 35.7 Å². The number of hydrogen-bond donors (Lipinski definition) is 2. The van der Waals surface area contributed by atoms with Crippen LogP contribution in [0.25, 0.3) is 0 Å². The predicted octanol–water partition coefficient (Wildman–Crippen LogP) is 2.24. The SMILES string of the molecule is CC(C)(C)OC(=O)NCCC(CN)N1Cc2ccccc2C1. The van der Waals surface area contributed by atoms with Gasteiger partial charge >= 0.3 is 6.09 Å². The van der Waals surface area contributed by atoms with E-state index in [2.05, 4.69) is 34.5 Å². The fraction of sp³-hybridized carbons (Fsp3) is 0.588. The van der Waals surface area contributed by atoms with Gasteiger partial charge in [0.05, 0.1) is 0 Å². The third-order valence-corrected chi connectivity index (χ3v) is 3.80. The van der Waals surface area contributed by atoms with Gasteiger partial charge in [0, 0.05) is 32.2 Å². The van der Waals surface area contributed by atoms with E-state index in [-0.39, 0.29) is 12.1 Å². The van der Waals surface area contributed by atoms with Crippen molar-refractivity contribution >= 4 is 6.09 Å². The maximum absolute atomic E-state index is 11.7. The van der Waals surface area contributed by atoms with Crippen molar-refractivity contribution in [3.63, 3.8) is 0 Å². The van der Waals surface area contributed by atoms with Crippen molar-refractivity contribution in [1.82, 2.24) is 10.2 Å². The third-order valence-electron chi connectivity index (χ3n) is 3.80. The first-order valence-electron chi connectivity index (χ1n) is 7.87. The fourth-order valence-electron chi connectivity index (χ4n) is 2.72. The molecule has 1 aromatic carbocycles. The number of hydrogen-bond acceptors (Lipinski definition) is 4. The van der Waals surface area contributed by atoms with Crippen LogP contribution in [0.4, 0.5) is 4.79 Å². The second-order valence-corrected chi connectivity index (χ2v) is 6.78. The molecule has 1 heterocycles. The van der Waals surface area contributed by atoms with Crippen molar-refractivity contribution < 1.29 is 9.53 Å². The Bertz CT molecular complexity index is 486. The van der Waals surface area contributed by atoms with Gasteiger partial charge < -0.3 is 15.8 Å². The van der Waals surface area contributed by atoms with Gasteiger partial charge in [-0.25, -0.2) is 4.79 Å². The van der Waals surface area contributed by atoms with Crippen molar-refractivity contribution in [2.75, 3.05) is 13.1 Å². The largest absolute Gasteiger partial charge is 0.444 e. The van der Waals surface area contributed by atoms with Crippen molar-refractivity contribution in [1.29, 1.82) is 0 Å². The molecule has 0 saturated carbocycles. The maximum atomic E-state index is 11.7. The first kappa shape index (κ1) is 16.8. The van der Waals surface area contributed by atoms with E-state index in [9.17, 15) is 4.79 Å². The monoisotopic (exact) mass is 305 g/mol. The minimum atomic E-state index is -0.464. The topological polar surface area (TPSA) is 67.6 Å². The number of fused-ring (bicyclic) bond motifs is 1. The summed E-state index contributed by atoms with van der Waals surface area (Å²) in [5.41, 5.74) is 8.21. The summed E-state index contributed by atoms with van der Waals surface area (Å²) in [6.45, 7) is 8.60. The van der Waals surface area contributed by atoms with E-state index in [0.717, 1.165) is 19.5 Å².